The van der Waals surface area contributed by atoms with Crippen molar-refractivity contribution in [1.29, 1.82) is 5.26 Å². The van der Waals surface area contributed by atoms with Crippen molar-refractivity contribution in [3.8, 4) is 6.07 Å². The van der Waals surface area contributed by atoms with Gasteiger partial charge in [0.15, 0.2) is 0 Å². The molecule has 0 bridgehead atoms. The molecule has 0 amide bonds. The summed E-state index contributed by atoms with van der Waals surface area (Å²) in [4.78, 5) is 3.63. The van der Waals surface area contributed by atoms with Gasteiger partial charge in [0.1, 0.15) is 6.07 Å². The van der Waals surface area contributed by atoms with E-state index in [1.807, 2.05) is 0 Å². The first-order valence-electron chi connectivity index (χ1n) is 3.55. The van der Waals surface area contributed by atoms with Gasteiger partial charge >= 0.3 is 0 Å². The lowest BCUT2D eigenvalue weighted by Gasteiger charge is -2.06. The highest BCUT2D eigenvalue weighted by Gasteiger charge is 2.17. The molecule has 2 N–H and O–H groups in total. The summed E-state index contributed by atoms with van der Waals surface area (Å²) in [6, 6.07) is 1.65. The molecule has 0 aliphatic carbocycles. The van der Waals surface area contributed by atoms with Crippen molar-refractivity contribution in [3.05, 3.63) is 29.1 Å². The second kappa shape index (κ2) is 3.92. The molecule has 13 heavy (non-hydrogen) atoms. The van der Waals surface area contributed by atoms with Gasteiger partial charge in [-0.25, -0.2) is 8.78 Å². The van der Waals surface area contributed by atoms with E-state index in [0.29, 0.717) is 0 Å². The van der Waals surface area contributed by atoms with E-state index < -0.39 is 6.43 Å². The summed E-state index contributed by atoms with van der Waals surface area (Å²) in [5.41, 5.74) is 5.03. The van der Waals surface area contributed by atoms with Gasteiger partial charge in [0.2, 0.25) is 0 Å². The number of rotatable bonds is 2. The molecule has 0 radical (unpaired) electrons. The molecule has 0 aromatic carbocycles. The first-order valence-corrected chi connectivity index (χ1v) is 3.55. The van der Waals surface area contributed by atoms with Crippen LogP contribution in [-0.4, -0.2) is 4.98 Å². The van der Waals surface area contributed by atoms with E-state index in [1.54, 1.807) is 6.07 Å². The fraction of sp³-hybridized carbons (Fsp3) is 0.250. The molecular formula is C8H7F2N3. The van der Waals surface area contributed by atoms with Gasteiger partial charge in [0.25, 0.3) is 6.43 Å². The molecule has 1 rings (SSSR count). The van der Waals surface area contributed by atoms with Crippen LogP contribution in [0.15, 0.2) is 12.4 Å². The largest absolute Gasteiger partial charge is 0.326 e. The fourth-order valence-electron chi connectivity index (χ4n) is 1.02. The molecule has 0 atom stereocenters. The lowest BCUT2D eigenvalue weighted by molar-refractivity contribution is 0.150. The lowest BCUT2D eigenvalue weighted by atomic mass is 10.1. The molecule has 5 heteroatoms. The molecule has 1 heterocycles. The van der Waals surface area contributed by atoms with Crippen LogP contribution in [0.5, 0.6) is 0 Å². The summed E-state index contributed by atoms with van der Waals surface area (Å²) in [5.74, 6) is 0. The topological polar surface area (TPSA) is 62.7 Å². The van der Waals surface area contributed by atoms with Crippen LogP contribution in [0.1, 0.15) is 23.1 Å². The van der Waals surface area contributed by atoms with Crippen LogP contribution in [0, 0.1) is 11.3 Å². The third-order valence-corrected chi connectivity index (χ3v) is 1.63. The van der Waals surface area contributed by atoms with Crippen molar-refractivity contribution in [3.63, 3.8) is 0 Å². The number of halogens is 2. The number of hydrogen-bond acceptors (Lipinski definition) is 3. The van der Waals surface area contributed by atoms with Gasteiger partial charge in [-0.3, -0.25) is 4.98 Å². The summed E-state index contributed by atoms with van der Waals surface area (Å²) in [6.45, 7) is -0.0395. The molecule has 0 spiro atoms. The number of nitriles is 1. The Balaban J connectivity index is 3.32. The Morgan fingerprint density at radius 2 is 2.23 bits per heavy atom. The van der Waals surface area contributed by atoms with Crippen LogP contribution in [0.25, 0.3) is 0 Å². The van der Waals surface area contributed by atoms with Crippen molar-refractivity contribution < 1.29 is 8.78 Å². The van der Waals surface area contributed by atoms with Crippen molar-refractivity contribution >= 4 is 0 Å². The van der Waals surface area contributed by atoms with Gasteiger partial charge in [0.05, 0.1) is 5.56 Å². The van der Waals surface area contributed by atoms with E-state index in [4.69, 9.17) is 11.0 Å². The fourth-order valence-corrected chi connectivity index (χ4v) is 1.02. The molecule has 1 aromatic heterocycles. The molecule has 0 unspecified atom stereocenters. The minimum atomic E-state index is -2.68. The van der Waals surface area contributed by atoms with Gasteiger partial charge in [-0.15, -0.1) is 0 Å². The third-order valence-electron chi connectivity index (χ3n) is 1.63. The molecule has 3 nitrogen and oxygen atoms in total. The number of pyridine rings is 1. The van der Waals surface area contributed by atoms with Gasteiger partial charge in [-0.05, 0) is 5.56 Å². The number of nitrogens with zero attached hydrogens (tertiary/aromatic N) is 2. The minimum Gasteiger partial charge on any atom is -0.326 e. The number of nitrogens with two attached hydrogens (primary N) is 1. The quantitative estimate of drug-likeness (QED) is 0.752. The summed E-state index contributed by atoms with van der Waals surface area (Å²) < 4.78 is 24.9. The molecule has 68 valence electrons. The second-order valence-electron chi connectivity index (χ2n) is 2.38. The predicted molar refractivity (Wildman–Crippen MR) is 41.8 cm³/mol. The number of alkyl halides is 2. The van der Waals surface area contributed by atoms with E-state index >= 15 is 0 Å². The Labute approximate surface area is 73.8 Å². The average Bonchev–Trinajstić information content (AvgIpc) is 2.16. The monoisotopic (exact) mass is 183 g/mol. The molecule has 0 fully saturated rings. The van der Waals surface area contributed by atoms with Crippen LogP contribution in [0.4, 0.5) is 8.78 Å². The summed E-state index contributed by atoms with van der Waals surface area (Å²) in [7, 11) is 0. The summed E-state index contributed by atoms with van der Waals surface area (Å²) >= 11 is 0. The van der Waals surface area contributed by atoms with Crippen LogP contribution >= 0.6 is 0 Å². The first-order chi connectivity index (χ1) is 6.20. The zero-order valence-corrected chi connectivity index (χ0v) is 6.67. The molecule has 1 aromatic rings. The SMILES string of the molecule is N#Cc1cncc(CN)c1C(F)F. The molecular weight excluding hydrogens is 176 g/mol. The normalized spacial score (nSPS) is 10.1. The second-order valence-corrected chi connectivity index (χ2v) is 2.38. The molecule has 0 aliphatic rings. The highest BCUT2D eigenvalue weighted by atomic mass is 19.3. The minimum absolute atomic E-state index is 0.0395. The smallest absolute Gasteiger partial charge is 0.265 e. The summed E-state index contributed by atoms with van der Waals surface area (Å²) in [5, 5.41) is 8.52. The maximum Gasteiger partial charge on any atom is 0.265 e. The first kappa shape index (κ1) is 9.55. The van der Waals surface area contributed by atoms with E-state index in [2.05, 4.69) is 4.98 Å². The molecule has 0 saturated heterocycles. The Kier molecular flexibility index (Phi) is 2.88. The number of hydrogen-bond donors (Lipinski definition) is 1. The average molecular weight is 183 g/mol. The van der Waals surface area contributed by atoms with Crippen LogP contribution in [0.3, 0.4) is 0 Å². The zero-order valence-electron chi connectivity index (χ0n) is 6.67. The van der Waals surface area contributed by atoms with Crippen molar-refractivity contribution in [2.45, 2.75) is 13.0 Å². The van der Waals surface area contributed by atoms with E-state index in [9.17, 15) is 8.78 Å². The van der Waals surface area contributed by atoms with Crippen LogP contribution in [0.2, 0.25) is 0 Å². The predicted octanol–water partition coefficient (Wildman–Crippen LogP) is 1.35. The maximum atomic E-state index is 12.4. The van der Waals surface area contributed by atoms with Crippen LogP contribution in [-0.2, 0) is 6.54 Å². The Bertz CT molecular complexity index is 344. The van der Waals surface area contributed by atoms with Crippen molar-refractivity contribution in [2.75, 3.05) is 0 Å². The Morgan fingerprint density at radius 3 is 2.69 bits per heavy atom. The highest BCUT2D eigenvalue weighted by molar-refractivity contribution is 5.40. The molecule has 0 aliphatic heterocycles. The zero-order chi connectivity index (χ0) is 9.84. The van der Waals surface area contributed by atoms with Crippen molar-refractivity contribution in [1.82, 2.24) is 4.98 Å². The van der Waals surface area contributed by atoms with Crippen molar-refractivity contribution in [2.24, 2.45) is 5.73 Å². The third kappa shape index (κ3) is 1.79. The van der Waals surface area contributed by atoms with E-state index in [1.165, 1.54) is 6.20 Å². The number of aromatic nitrogens is 1. The van der Waals surface area contributed by atoms with E-state index in [-0.39, 0.29) is 23.2 Å². The summed E-state index contributed by atoms with van der Waals surface area (Å²) in [6.07, 6.45) is -0.320. The lowest BCUT2D eigenvalue weighted by Crippen LogP contribution is -2.05. The Hall–Kier alpha value is -1.54. The highest BCUT2D eigenvalue weighted by Crippen LogP contribution is 2.25. The maximum absolute atomic E-state index is 12.4. The molecule has 0 saturated carbocycles. The standard InChI is InChI=1S/C8H7F2N3/c9-8(10)7-5(1-11)3-13-4-6(7)2-12/h3-4,8H,1,11H2. The van der Waals surface area contributed by atoms with E-state index in [0.717, 1.165) is 6.20 Å². The van der Waals surface area contributed by atoms with Crippen LogP contribution < -0.4 is 5.73 Å². The Morgan fingerprint density at radius 1 is 1.54 bits per heavy atom. The van der Waals surface area contributed by atoms with Gasteiger partial charge in [0, 0.05) is 24.5 Å². The van der Waals surface area contributed by atoms with Gasteiger partial charge < -0.3 is 5.73 Å². The van der Waals surface area contributed by atoms with Gasteiger partial charge in [-0.2, -0.15) is 5.26 Å². The van der Waals surface area contributed by atoms with Gasteiger partial charge in [-0.1, -0.05) is 0 Å².